The summed E-state index contributed by atoms with van der Waals surface area (Å²) in [6.07, 6.45) is 0. The standard InChI is InChI=1S/C14H17N3O3/c1-8(2)15-13(18)7-17-9(3)16-11-5-4-10(14(19)20)6-12(11)17/h4-6,8H,7H2,1-3H3,(H,15,18)(H,19,20). The highest BCUT2D eigenvalue weighted by molar-refractivity contribution is 5.93. The molecule has 106 valence electrons. The number of benzene rings is 1. The van der Waals surface area contributed by atoms with Gasteiger partial charge in [0.25, 0.3) is 0 Å². The number of carbonyl (C=O) groups is 2. The molecule has 0 aliphatic carbocycles. The van der Waals surface area contributed by atoms with E-state index >= 15 is 0 Å². The Hall–Kier alpha value is -2.37. The number of imidazole rings is 1. The Morgan fingerprint density at radius 1 is 1.40 bits per heavy atom. The molecule has 0 bridgehead atoms. The average Bonchev–Trinajstić information content (AvgIpc) is 2.64. The Labute approximate surface area is 116 Å². The van der Waals surface area contributed by atoms with E-state index in [2.05, 4.69) is 10.3 Å². The number of aryl methyl sites for hydroxylation is 1. The van der Waals surface area contributed by atoms with Crippen LogP contribution in [-0.4, -0.2) is 32.6 Å². The first kappa shape index (κ1) is 14.0. The summed E-state index contributed by atoms with van der Waals surface area (Å²) >= 11 is 0. The highest BCUT2D eigenvalue weighted by Crippen LogP contribution is 2.18. The second-order valence-electron chi connectivity index (χ2n) is 4.98. The van der Waals surface area contributed by atoms with E-state index in [0.29, 0.717) is 16.9 Å². The maximum absolute atomic E-state index is 11.9. The third-order valence-electron chi connectivity index (χ3n) is 2.94. The number of hydrogen-bond acceptors (Lipinski definition) is 3. The van der Waals surface area contributed by atoms with Gasteiger partial charge in [-0.2, -0.15) is 0 Å². The van der Waals surface area contributed by atoms with Crippen LogP contribution in [0.2, 0.25) is 0 Å². The van der Waals surface area contributed by atoms with Crippen molar-refractivity contribution in [3.8, 4) is 0 Å². The number of amides is 1. The molecule has 0 atom stereocenters. The molecule has 2 aromatic rings. The highest BCUT2D eigenvalue weighted by atomic mass is 16.4. The molecule has 0 saturated heterocycles. The minimum atomic E-state index is -0.996. The first-order valence-corrected chi connectivity index (χ1v) is 6.38. The number of aromatic carboxylic acids is 1. The Kier molecular flexibility index (Phi) is 3.74. The second-order valence-corrected chi connectivity index (χ2v) is 4.98. The van der Waals surface area contributed by atoms with E-state index in [1.165, 1.54) is 6.07 Å². The van der Waals surface area contributed by atoms with Crippen LogP contribution in [0.1, 0.15) is 30.0 Å². The fourth-order valence-electron chi connectivity index (χ4n) is 2.09. The number of hydrogen-bond donors (Lipinski definition) is 2. The fraction of sp³-hybridized carbons (Fsp3) is 0.357. The third kappa shape index (κ3) is 2.79. The van der Waals surface area contributed by atoms with E-state index in [9.17, 15) is 9.59 Å². The molecule has 0 spiro atoms. The molecule has 1 aromatic heterocycles. The van der Waals surface area contributed by atoms with E-state index in [4.69, 9.17) is 5.11 Å². The Bertz CT molecular complexity index is 674. The molecule has 1 amide bonds. The lowest BCUT2D eigenvalue weighted by atomic mass is 10.2. The van der Waals surface area contributed by atoms with E-state index < -0.39 is 5.97 Å². The van der Waals surface area contributed by atoms with Crippen molar-refractivity contribution in [2.75, 3.05) is 0 Å². The van der Waals surface area contributed by atoms with Gasteiger partial charge < -0.3 is 15.0 Å². The number of carboxylic acids is 1. The van der Waals surface area contributed by atoms with E-state index in [1.807, 2.05) is 13.8 Å². The Morgan fingerprint density at radius 2 is 2.10 bits per heavy atom. The number of rotatable bonds is 4. The number of fused-ring (bicyclic) bond motifs is 1. The first-order valence-electron chi connectivity index (χ1n) is 6.38. The molecule has 1 aromatic carbocycles. The SMILES string of the molecule is Cc1nc2ccc(C(=O)O)cc2n1CC(=O)NC(C)C. The maximum Gasteiger partial charge on any atom is 0.335 e. The molecular formula is C14H17N3O3. The lowest BCUT2D eigenvalue weighted by Gasteiger charge is -2.10. The molecule has 6 heteroatoms. The topological polar surface area (TPSA) is 84.2 Å². The molecule has 0 unspecified atom stereocenters. The highest BCUT2D eigenvalue weighted by Gasteiger charge is 2.13. The van der Waals surface area contributed by atoms with E-state index in [1.54, 1.807) is 23.6 Å². The molecule has 0 aliphatic heterocycles. The molecule has 6 nitrogen and oxygen atoms in total. The molecule has 2 N–H and O–H groups in total. The van der Waals surface area contributed by atoms with Gasteiger partial charge in [0, 0.05) is 6.04 Å². The smallest absolute Gasteiger partial charge is 0.335 e. The van der Waals surface area contributed by atoms with Gasteiger partial charge in [0.15, 0.2) is 0 Å². The van der Waals surface area contributed by atoms with Crippen LogP contribution >= 0.6 is 0 Å². The van der Waals surface area contributed by atoms with Crippen molar-refractivity contribution in [1.29, 1.82) is 0 Å². The van der Waals surface area contributed by atoms with Crippen LogP contribution in [-0.2, 0) is 11.3 Å². The normalized spacial score (nSPS) is 11.0. The van der Waals surface area contributed by atoms with Crippen molar-refractivity contribution < 1.29 is 14.7 Å². The zero-order chi connectivity index (χ0) is 14.9. The van der Waals surface area contributed by atoms with Gasteiger partial charge in [0.05, 0.1) is 16.6 Å². The van der Waals surface area contributed by atoms with Gasteiger partial charge in [-0.05, 0) is 39.0 Å². The second kappa shape index (κ2) is 5.32. The fourth-order valence-corrected chi connectivity index (χ4v) is 2.09. The Balaban J connectivity index is 2.41. The van der Waals surface area contributed by atoms with Gasteiger partial charge in [0.2, 0.25) is 5.91 Å². The van der Waals surface area contributed by atoms with Crippen LogP contribution in [0.5, 0.6) is 0 Å². The third-order valence-corrected chi connectivity index (χ3v) is 2.94. The maximum atomic E-state index is 11.9. The predicted octanol–water partition coefficient (Wildman–Crippen LogP) is 1.57. The van der Waals surface area contributed by atoms with Crippen LogP contribution in [0.25, 0.3) is 11.0 Å². The summed E-state index contributed by atoms with van der Waals surface area (Å²) in [6, 6.07) is 4.77. The van der Waals surface area contributed by atoms with Crippen LogP contribution in [0, 0.1) is 6.92 Å². The monoisotopic (exact) mass is 275 g/mol. The Morgan fingerprint density at radius 3 is 2.70 bits per heavy atom. The number of carbonyl (C=O) groups excluding carboxylic acids is 1. The molecular weight excluding hydrogens is 258 g/mol. The largest absolute Gasteiger partial charge is 0.478 e. The van der Waals surface area contributed by atoms with Crippen LogP contribution in [0.15, 0.2) is 18.2 Å². The zero-order valence-electron chi connectivity index (χ0n) is 11.7. The summed E-state index contributed by atoms with van der Waals surface area (Å²) in [5.74, 6) is -0.437. The van der Waals surface area contributed by atoms with Crippen molar-refractivity contribution in [2.24, 2.45) is 0 Å². The summed E-state index contributed by atoms with van der Waals surface area (Å²) in [4.78, 5) is 27.2. The van der Waals surface area contributed by atoms with Gasteiger partial charge in [-0.1, -0.05) is 0 Å². The lowest BCUT2D eigenvalue weighted by molar-refractivity contribution is -0.122. The van der Waals surface area contributed by atoms with Crippen molar-refractivity contribution in [1.82, 2.24) is 14.9 Å². The predicted molar refractivity (Wildman–Crippen MR) is 74.7 cm³/mol. The van der Waals surface area contributed by atoms with Crippen LogP contribution in [0.4, 0.5) is 0 Å². The molecule has 1 heterocycles. The first-order chi connectivity index (χ1) is 9.38. The lowest BCUT2D eigenvalue weighted by Crippen LogP contribution is -2.33. The van der Waals surface area contributed by atoms with Crippen molar-refractivity contribution >= 4 is 22.9 Å². The van der Waals surface area contributed by atoms with Gasteiger partial charge in [0.1, 0.15) is 12.4 Å². The summed E-state index contributed by atoms with van der Waals surface area (Å²) in [6.45, 7) is 5.70. The summed E-state index contributed by atoms with van der Waals surface area (Å²) in [5, 5.41) is 11.8. The van der Waals surface area contributed by atoms with Crippen LogP contribution in [0.3, 0.4) is 0 Å². The summed E-state index contributed by atoms with van der Waals surface area (Å²) in [5.41, 5.74) is 1.52. The summed E-state index contributed by atoms with van der Waals surface area (Å²) < 4.78 is 1.72. The van der Waals surface area contributed by atoms with E-state index in [-0.39, 0.29) is 24.1 Å². The zero-order valence-corrected chi connectivity index (χ0v) is 11.7. The molecule has 2 rings (SSSR count). The van der Waals surface area contributed by atoms with Crippen molar-refractivity contribution in [2.45, 2.75) is 33.4 Å². The molecule has 20 heavy (non-hydrogen) atoms. The number of nitrogens with one attached hydrogen (secondary N) is 1. The number of nitrogens with zero attached hydrogens (tertiary/aromatic N) is 2. The number of aromatic nitrogens is 2. The van der Waals surface area contributed by atoms with Gasteiger partial charge in [-0.25, -0.2) is 9.78 Å². The average molecular weight is 275 g/mol. The molecule has 0 radical (unpaired) electrons. The van der Waals surface area contributed by atoms with Crippen molar-refractivity contribution in [3.05, 3.63) is 29.6 Å². The molecule has 0 fully saturated rings. The van der Waals surface area contributed by atoms with Gasteiger partial charge in [-0.15, -0.1) is 0 Å². The number of carboxylic acid groups (broad SMARTS) is 1. The molecule has 0 saturated carbocycles. The summed E-state index contributed by atoms with van der Waals surface area (Å²) in [7, 11) is 0. The molecule has 0 aliphatic rings. The quantitative estimate of drug-likeness (QED) is 0.887. The minimum Gasteiger partial charge on any atom is -0.478 e. The van der Waals surface area contributed by atoms with Gasteiger partial charge >= 0.3 is 5.97 Å². The van der Waals surface area contributed by atoms with Crippen molar-refractivity contribution in [3.63, 3.8) is 0 Å². The van der Waals surface area contributed by atoms with Crippen LogP contribution < -0.4 is 5.32 Å². The van der Waals surface area contributed by atoms with Gasteiger partial charge in [-0.3, -0.25) is 4.79 Å². The van der Waals surface area contributed by atoms with E-state index in [0.717, 1.165) is 0 Å². The minimum absolute atomic E-state index is 0.0622.